The Balaban J connectivity index is 1.74. The van der Waals surface area contributed by atoms with E-state index in [1.165, 1.54) is 11.0 Å². The number of tetrazole rings is 1. The zero-order valence-electron chi connectivity index (χ0n) is 13.2. The van der Waals surface area contributed by atoms with Crippen LogP contribution in [0.3, 0.4) is 0 Å². The number of morpholine rings is 1. The standard InChI is InChI=1S/C15H20N6O2/c1-11-7-20(8-12(2)23-11)14-6-4-3-5-13(14)17-15(22)9-21-10-16-18-19-21/h3-6,10-12H,7-9H2,1-2H3,(H,17,22). The highest BCUT2D eigenvalue weighted by Crippen LogP contribution is 2.28. The van der Waals surface area contributed by atoms with Crippen LogP contribution in [0.15, 0.2) is 30.6 Å². The summed E-state index contributed by atoms with van der Waals surface area (Å²) in [6.45, 7) is 5.79. The minimum Gasteiger partial charge on any atom is -0.372 e. The van der Waals surface area contributed by atoms with Crippen molar-refractivity contribution >= 4 is 17.3 Å². The Bertz CT molecular complexity index is 650. The van der Waals surface area contributed by atoms with Crippen LogP contribution < -0.4 is 10.2 Å². The molecule has 1 amide bonds. The summed E-state index contributed by atoms with van der Waals surface area (Å²) in [6.07, 6.45) is 1.73. The van der Waals surface area contributed by atoms with Gasteiger partial charge in [0.1, 0.15) is 12.9 Å². The molecule has 2 unspecified atom stereocenters. The van der Waals surface area contributed by atoms with Crippen molar-refractivity contribution in [3.63, 3.8) is 0 Å². The van der Waals surface area contributed by atoms with Crippen molar-refractivity contribution in [3.8, 4) is 0 Å². The molecule has 1 aliphatic heterocycles. The first kappa shape index (κ1) is 15.4. The lowest BCUT2D eigenvalue weighted by molar-refractivity contribution is -0.116. The third kappa shape index (κ3) is 3.84. The van der Waals surface area contributed by atoms with Crippen LogP contribution in [0.1, 0.15) is 13.8 Å². The van der Waals surface area contributed by atoms with Gasteiger partial charge in [-0.25, -0.2) is 4.68 Å². The van der Waals surface area contributed by atoms with Crippen LogP contribution in [-0.4, -0.2) is 51.4 Å². The number of aromatic nitrogens is 4. The number of anilines is 2. The molecule has 23 heavy (non-hydrogen) atoms. The first-order valence-corrected chi connectivity index (χ1v) is 7.62. The Morgan fingerprint density at radius 3 is 2.74 bits per heavy atom. The monoisotopic (exact) mass is 316 g/mol. The van der Waals surface area contributed by atoms with E-state index in [2.05, 4.69) is 39.6 Å². The molecule has 0 aliphatic carbocycles. The van der Waals surface area contributed by atoms with Gasteiger partial charge in [0.25, 0.3) is 0 Å². The molecule has 1 fully saturated rings. The zero-order valence-corrected chi connectivity index (χ0v) is 13.2. The Kier molecular flexibility index (Phi) is 4.52. The van der Waals surface area contributed by atoms with Crippen molar-refractivity contribution in [1.82, 2.24) is 20.2 Å². The molecule has 122 valence electrons. The second-order valence-electron chi connectivity index (χ2n) is 5.74. The highest BCUT2D eigenvalue weighted by molar-refractivity contribution is 5.94. The van der Waals surface area contributed by atoms with Gasteiger partial charge < -0.3 is 15.0 Å². The van der Waals surface area contributed by atoms with Gasteiger partial charge in [-0.3, -0.25) is 4.79 Å². The predicted octanol–water partition coefficient (Wildman–Crippen LogP) is 0.925. The third-order valence-corrected chi connectivity index (χ3v) is 3.64. The second kappa shape index (κ2) is 6.74. The summed E-state index contributed by atoms with van der Waals surface area (Å²) in [5.74, 6) is -0.167. The number of nitrogens with one attached hydrogen (secondary N) is 1. The summed E-state index contributed by atoms with van der Waals surface area (Å²) < 4.78 is 7.16. The predicted molar refractivity (Wildman–Crippen MR) is 85.1 cm³/mol. The molecule has 2 atom stereocenters. The highest BCUT2D eigenvalue weighted by Gasteiger charge is 2.24. The van der Waals surface area contributed by atoms with E-state index in [-0.39, 0.29) is 24.7 Å². The first-order valence-electron chi connectivity index (χ1n) is 7.62. The number of benzene rings is 1. The Hall–Kier alpha value is -2.48. The number of ether oxygens (including phenoxy) is 1. The molecule has 8 heteroatoms. The van der Waals surface area contributed by atoms with E-state index in [9.17, 15) is 4.79 Å². The summed E-state index contributed by atoms with van der Waals surface area (Å²) in [4.78, 5) is 14.4. The first-order chi connectivity index (χ1) is 11.1. The quantitative estimate of drug-likeness (QED) is 0.903. The fraction of sp³-hybridized carbons (Fsp3) is 0.467. The molecule has 0 saturated carbocycles. The van der Waals surface area contributed by atoms with Gasteiger partial charge in [-0.2, -0.15) is 0 Å². The molecule has 1 aromatic carbocycles. The average Bonchev–Trinajstić information content (AvgIpc) is 2.99. The number of hydrogen-bond acceptors (Lipinski definition) is 6. The third-order valence-electron chi connectivity index (χ3n) is 3.64. The molecule has 3 rings (SSSR count). The number of para-hydroxylation sites is 2. The highest BCUT2D eigenvalue weighted by atomic mass is 16.5. The maximum atomic E-state index is 12.2. The van der Waals surface area contributed by atoms with E-state index >= 15 is 0 Å². The molecule has 0 radical (unpaired) electrons. The van der Waals surface area contributed by atoms with E-state index in [1.807, 2.05) is 24.3 Å². The number of hydrogen-bond donors (Lipinski definition) is 1. The van der Waals surface area contributed by atoms with Gasteiger partial charge in [-0.05, 0) is 36.4 Å². The van der Waals surface area contributed by atoms with E-state index in [4.69, 9.17) is 4.74 Å². The van der Waals surface area contributed by atoms with Gasteiger partial charge >= 0.3 is 0 Å². The molecule has 0 bridgehead atoms. The summed E-state index contributed by atoms with van der Waals surface area (Å²) in [5.41, 5.74) is 1.78. The maximum Gasteiger partial charge on any atom is 0.246 e. The fourth-order valence-corrected chi connectivity index (χ4v) is 2.82. The lowest BCUT2D eigenvalue weighted by Gasteiger charge is -2.37. The SMILES string of the molecule is CC1CN(c2ccccc2NC(=O)Cn2cnnn2)CC(C)O1. The summed E-state index contributed by atoms with van der Waals surface area (Å²) >= 11 is 0. The van der Waals surface area contributed by atoms with Crippen molar-refractivity contribution in [2.24, 2.45) is 0 Å². The molecule has 8 nitrogen and oxygen atoms in total. The maximum absolute atomic E-state index is 12.2. The van der Waals surface area contributed by atoms with Gasteiger partial charge in [0.05, 0.1) is 23.6 Å². The lowest BCUT2D eigenvalue weighted by atomic mass is 10.1. The Morgan fingerprint density at radius 1 is 1.30 bits per heavy atom. The van der Waals surface area contributed by atoms with Crippen LogP contribution in [0.25, 0.3) is 0 Å². The number of nitrogens with zero attached hydrogens (tertiary/aromatic N) is 5. The second-order valence-corrected chi connectivity index (χ2v) is 5.74. The number of carbonyl (C=O) groups excluding carboxylic acids is 1. The van der Waals surface area contributed by atoms with Gasteiger partial charge in [0.2, 0.25) is 5.91 Å². The van der Waals surface area contributed by atoms with Gasteiger partial charge in [-0.15, -0.1) is 5.10 Å². The van der Waals surface area contributed by atoms with Crippen molar-refractivity contribution in [2.45, 2.75) is 32.6 Å². The zero-order chi connectivity index (χ0) is 16.2. The minimum absolute atomic E-state index is 0.0806. The van der Waals surface area contributed by atoms with Crippen molar-refractivity contribution in [2.75, 3.05) is 23.3 Å². The summed E-state index contributed by atoms with van der Waals surface area (Å²) in [6, 6.07) is 7.79. The number of rotatable bonds is 4. The Labute approximate surface area is 134 Å². The molecule has 1 saturated heterocycles. The molecule has 0 spiro atoms. The molecule has 1 N–H and O–H groups in total. The Morgan fingerprint density at radius 2 is 2.04 bits per heavy atom. The van der Waals surface area contributed by atoms with E-state index in [0.29, 0.717) is 0 Å². The van der Waals surface area contributed by atoms with Crippen LogP contribution in [0.4, 0.5) is 11.4 Å². The molecule has 1 aliphatic rings. The van der Waals surface area contributed by atoms with Crippen LogP contribution in [0.2, 0.25) is 0 Å². The average molecular weight is 316 g/mol. The molecule has 2 heterocycles. The van der Waals surface area contributed by atoms with Crippen molar-refractivity contribution < 1.29 is 9.53 Å². The van der Waals surface area contributed by atoms with Crippen LogP contribution in [-0.2, 0) is 16.1 Å². The molecular formula is C15H20N6O2. The van der Waals surface area contributed by atoms with E-state index in [1.54, 1.807) is 0 Å². The van der Waals surface area contributed by atoms with E-state index < -0.39 is 0 Å². The fourth-order valence-electron chi connectivity index (χ4n) is 2.82. The van der Waals surface area contributed by atoms with Crippen LogP contribution in [0.5, 0.6) is 0 Å². The summed E-state index contributed by atoms with van der Waals surface area (Å²) in [5, 5.41) is 13.7. The molecule has 1 aromatic heterocycles. The van der Waals surface area contributed by atoms with Crippen LogP contribution in [0, 0.1) is 0 Å². The topological polar surface area (TPSA) is 85.2 Å². The van der Waals surface area contributed by atoms with Crippen LogP contribution >= 0.6 is 0 Å². The van der Waals surface area contributed by atoms with Crippen molar-refractivity contribution in [1.29, 1.82) is 0 Å². The van der Waals surface area contributed by atoms with E-state index in [0.717, 1.165) is 24.5 Å². The summed E-state index contributed by atoms with van der Waals surface area (Å²) in [7, 11) is 0. The minimum atomic E-state index is -0.167. The van der Waals surface area contributed by atoms with Gasteiger partial charge in [0, 0.05) is 13.1 Å². The van der Waals surface area contributed by atoms with Crippen molar-refractivity contribution in [3.05, 3.63) is 30.6 Å². The van der Waals surface area contributed by atoms with Gasteiger partial charge in [-0.1, -0.05) is 12.1 Å². The van der Waals surface area contributed by atoms with Gasteiger partial charge in [0.15, 0.2) is 0 Å². The normalized spacial score (nSPS) is 21.2. The number of carbonyl (C=O) groups is 1. The number of amides is 1. The molecule has 2 aromatic rings. The molecular weight excluding hydrogens is 296 g/mol. The smallest absolute Gasteiger partial charge is 0.246 e. The lowest BCUT2D eigenvalue weighted by Crippen LogP contribution is -2.45. The largest absolute Gasteiger partial charge is 0.372 e.